The number of hydrogen-bond donors (Lipinski definition) is 1. The number of aromatic nitrogens is 4. The molecule has 0 radical (unpaired) electrons. The molecule has 12 heteroatoms. The zero-order valence-corrected chi connectivity index (χ0v) is 14.2. The van der Waals surface area contributed by atoms with Crippen molar-refractivity contribution in [3.05, 3.63) is 47.8 Å². The molecule has 0 fully saturated rings. The van der Waals surface area contributed by atoms with Gasteiger partial charge in [-0.25, -0.2) is 0 Å². The fourth-order valence-electron chi connectivity index (χ4n) is 2.38. The van der Waals surface area contributed by atoms with Crippen LogP contribution in [0.15, 0.2) is 36.4 Å². The molecule has 0 aliphatic heterocycles. The van der Waals surface area contributed by atoms with Crippen LogP contribution in [0, 0.1) is 0 Å². The summed E-state index contributed by atoms with van der Waals surface area (Å²) in [6.07, 6.45) is -9.30. The first kappa shape index (κ1) is 19.7. The number of nitrogens with zero attached hydrogens (tertiary/aromatic N) is 4. The Morgan fingerprint density at radius 1 is 1.00 bits per heavy atom. The predicted octanol–water partition coefficient (Wildman–Crippen LogP) is 4.04. The molecule has 2 heterocycles. The van der Waals surface area contributed by atoms with Crippen LogP contribution in [-0.2, 0) is 12.4 Å². The molecule has 2 aromatic heterocycles. The molecular formula is C16H13F6N5O. The lowest BCUT2D eigenvalue weighted by atomic mass is 10.2. The number of halogens is 6. The van der Waals surface area contributed by atoms with Gasteiger partial charge in [0.1, 0.15) is 18.2 Å². The number of benzene rings is 1. The number of rotatable bonds is 5. The number of nitrogens with one attached hydrogen (secondary N) is 1. The van der Waals surface area contributed by atoms with Crippen LogP contribution in [0.5, 0.6) is 5.75 Å². The lowest BCUT2D eigenvalue weighted by molar-refractivity contribution is -0.146. The highest BCUT2D eigenvalue weighted by Crippen LogP contribution is 2.36. The van der Waals surface area contributed by atoms with Crippen LogP contribution in [0.3, 0.4) is 0 Å². The van der Waals surface area contributed by atoms with Crippen molar-refractivity contribution in [2.24, 2.45) is 0 Å². The molecule has 3 aromatic rings. The number of anilines is 1. The summed E-state index contributed by atoms with van der Waals surface area (Å²) >= 11 is 0. The predicted molar refractivity (Wildman–Crippen MR) is 85.8 cm³/mol. The summed E-state index contributed by atoms with van der Waals surface area (Å²) in [5.41, 5.74) is -1.01. The van der Waals surface area contributed by atoms with E-state index in [2.05, 4.69) is 20.6 Å². The van der Waals surface area contributed by atoms with Gasteiger partial charge in [-0.05, 0) is 31.2 Å². The van der Waals surface area contributed by atoms with Crippen molar-refractivity contribution >= 4 is 11.5 Å². The third-order valence-electron chi connectivity index (χ3n) is 3.59. The summed E-state index contributed by atoms with van der Waals surface area (Å²) in [7, 11) is 0. The fourth-order valence-corrected chi connectivity index (χ4v) is 2.38. The van der Waals surface area contributed by atoms with Crippen LogP contribution in [0.1, 0.15) is 18.3 Å². The van der Waals surface area contributed by atoms with Crippen LogP contribution < -0.4 is 10.1 Å². The van der Waals surface area contributed by atoms with Gasteiger partial charge in [0, 0.05) is 0 Å². The summed E-state index contributed by atoms with van der Waals surface area (Å²) < 4.78 is 83.3. The Hall–Kier alpha value is -3.05. The van der Waals surface area contributed by atoms with Crippen LogP contribution in [0.4, 0.5) is 32.2 Å². The van der Waals surface area contributed by atoms with Crippen molar-refractivity contribution in [3.8, 4) is 5.75 Å². The van der Waals surface area contributed by atoms with Gasteiger partial charge in [-0.2, -0.15) is 30.9 Å². The average Bonchev–Trinajstić information content (AvgIpc) is 3.03. The Bertz CT molecular complexity index is 968. The molecule has 1 atom stereocenters. The number of para-hydroxylation sites is 1. The molecule has 150 valence electrons. The standard InChI is InChI=1S/C16H13F6N5O/c1-9(8-28-11-5-3-2-4-10(11)15(17,18)19)23-12-6-7-13-24-25-14(16(20,21)22)27(13)26-12/h2-7,9H,8H2,1H3,(H,23,26). The molecule has 0 saturated heterocycles. The Morgan fingerprint density at radius 3 is 2.39 bits per heavy atom. The summed E-state index contributed by atoms with van der Waals surface area (Å²) in [4.78, 5) is 0. The Balaban J connectivity index is 1.71. The second kappa shape index (κ2) is 7.17. The van der Waals surface area contributed by atoms with Crippen molar-refractivity contribution in [2.45, 2.75) is 25.3 Å². The number of alkyl halides is 6. The Kier molecular flexibility index (Phi) is 5.04. The molecule has 3 rings (SSSR count). The zero-order chi connectivity index (χ0) is 20.5. The normalized spacial score (nSPS) is 13.5. The molecular weight excluding hydrogens is 392 g/mol. The van der Waals surface area contributed by atoms with Gasteiger partial charge in [0.25, 0.3) is 5.82 Å². The minimum absolute atomic E-state index is 0.0537. The van der Waals surface area contributed by atoms with Crippen LogP contribution in [-0.4, -0.2) is 32.5 Å². The summed E-state index contributed by atoms with van der Waals surface area (Å²) in [5, 5.41) is 13.0. The molecule has 1 aromatic carbocycles. The molecule has 1 unspecified atom stereocenters. The van der Waals surface area contributed by atoms with E-state index >= 15 is 0 Å². The van der Waals surface area contributed by atoms with Crippen molar-refractivity contribution in [2.75, 3.05) is 11.9 Å². The maximum Gasteiger partial charge on any atom is 0.453 e. The molecule has 0 amide bonds. The first-order chi connectivity index (χ1) is 13.1. The van der Waals surface area contributed by atoms with Crippen molar-refractivity contribution in [1.29, 1.82) is 0 Å². The van der Waals surface area contributed by atoms with E-state index in [4.69, 9.17) is 4.74 Å². The third kappa shape index (κ3) is 4.26. The maximum absolute atomic E-state index is 13.0. The smallest absolute Gasteiger partial charge is 0.453 e. The lowest BCUT2D eigenvalue weighted by Gasteiger charge is -2.18. The molecule has 28 heavy (non-hydrogen) atoms. The Morgan fingerprint density at radius 2 is 1.71 bits per heavy atom. The fraction of sp³-hybridized carbons (Fsp3) is 0.312. The van der Waals surface area contributed by atoms with E-state index < -0.39 is 29.8 Å². The lowest BCUT2D eigenvalue weighted by Crippen LogP contribution is -2.25. The van der Waals surface area contributed by atoms with Gasteiger partial charge in [0.05, 0.1) is 11.6 Å². The average molecular weight is 405 g/mol. The maximum atomic E-state index is 13.0. The van der Waals surface area contributed by atoms with Crippen molar-refractivity contribution < 1.29 is 31.1 Å². The second-order valence-electron chi connectivity index (χ2n) is 5.86. The van der Waals surface area contributed by atoms with Gasteiger partial charge < -0.3 is 10.1 Å². The largest absolute Gasteiger partial charge is 0.491 e. The van der Waals surface area contributed by atoms with Gasteiger partial charge in [-0.15, -0.1) is 15.3 Å². The number of ether oxygens (including phenoxy) is 1. The highest BCUT2D eigenvalue weighted by molar-refractivity contribution is 5.44. The first-order valence-corrected chi connectivity index (χ1v) is 7.91. The minimum atomic E-state index is -4.74. The molecule has 1 N–H and O–H groups in total. The molecule has 0 saturated carbocycles. The second-order valence-corrected chi connectivity index (χ2v) is 5.86. The van der Waals surface area contributed by atoms with Crippen LogP contribution >= 0.6 is 0 Å². The van der Waals surface area contributed by atoms with E-state index in [9.17, 15) is 26.3 Å². The van der Waals surface area contributed by atoms with Crippen molar-refractivity contribution in [1.82, 2.24) is 19.8 Å². The van der Waals surface area contributed by atoms with E-state index in [1.807, 2.05) is 0 Å². The number of hydrogen-bond acceptors (Lipinski definition) is 5. The van der Waals surface area contributed by atoms with Gasteiger partial charge in [-0.1, -0.05) is 12.1 Å². The third-order valence-corrected chi connectivity index (χ3v) is 3.59. The van der Waals surface area contributed by atoms with Crippen LogP contribution in [0.25, 0.3) is 5.65 Å². The molecule has 0 aliphatic carbocycles. The topological polar surface area (TPSA) is 64.3 Å². The highest BCUT2D eigenvalue weighted by atomic mass is 19.4. The molecule has 0 bridgehead atoms. The molecule has 0 spiro atoms. The van der Waals surface area contributed by atoms with E-state index in [1.54, 1.807) is 6.92 Å². The monoisotopic (exact) mass is 405 g/mol. The molecule has 6 nitrogen and oxygen atoms in total. The number of fused-ring (bicyclic) bond motifs is 1. The van der Waals surface area contributed by atoms with Gasteiger partial charge in [0.2, 0.25) is 0 Å². The summed E-state index contributed by atoms with van der Waals surface area (Å²) in [6.45, 7) is 1.40. The quantitative estimate of drug-likeness (QED) is 0.649. The zero-order valence-electron chi connectivity index (χ0n) is 14.2. The van der Waals surface area contributed by atoms with Crippen molar-refractivity contribution in [3.63, 3.8) is 0 Å². The van der Waals surface area contributed by atoms with Gasteiger partial charge >= 0.3 is 12.4 Å². The first-order valence-electron chi connectivity index (χ1n) is 7.91. The van der Waals surface area contributed by atoms with Gasteiger partial charge in [0.15, 0.2) is 5.65 Å². The minimum Gasteiger partial charge on any atom is -0.491 e. The van der Waals surface area contributed by atoms with E-state index in [0.29, 0.717) is 4.52 Å². The highest BCUT2D eigenvalue weighted by Gasteiger charge is 2.37. The Labute approximate surface area is 154 Å². The van der Waals surface area contributed by atoms with Gasteiger partial charge in [-0.3, -0.25) is 0 Å². The SMILES string of the molecule is CC(COc1ccccc1C(F)(F)F)Nc1ccc2nnc(C(F)(F)F)n2n1. The van der Waals surface area contributed by atoms with Crippen LogP contribution in [0.2, 0.25) is 0 Å². The summed E-state index contributed by atoms with van der Waals surface area (Å²) in [6, 6.07) is 6.84. The molecule has 0 aliphatic rings. The summed E-state index contributed by atoms with van der Waals surface area (Å²) in [5.74, 6) is -1.57. The van der Waals surface area contributed by atoms with E-state index in [0.717, 1.165) is 6.07 Å². The van der Waals surface area contributed by atoms with E-state index in [1.165, 1.54) is 30.3 Å². The van der Waals surface area contributed by atoms with E-state index in [-0.39, 0.29) is 23.8 Å².